The van der Waals surface area contributed by atoms with Crippen molar-refractivity contribution in [3.8, 4) is 0 Å². The minimum atomic E-state index is 0.739. The summed E-state index contributed by atoms with van der Waals surface area (Å²) in [7, 11) is 1.99. The van der Waals surface area contributed by atoms with Crippen molar-refractivity contribution in [3.63, 3.8) is 0 Å². The summed E-state index contributed by atoms with van der Waals surface area (Å²) in [6, 6.07) is 10.3. The number of hydrogen-bond acceptors (Lipinski definition) is 4. The Morgan fingerprint density at radius 1 is 1.14 bits per heavy atom. The van der Waals surface area contributed by atoms with Crippen LogP contribution < -0.4 is 14.8 Å². The molecule has 118 valence electrons. The van der Waals surface area contributed by atoms with E-state index in [1.54, 1.807) is 0 Å². The Kier molecular flexibility index (Phi) is 5.69. The first kappa shape index (κ1) is 16.2. The van der Waals surface area contributed by atoms with Crippen LogP contribution in [0.5, 0.6) is 0 Å². The molecule has 0 spiro atoms. The van der Waals surface area contributed by atoms with Crippen LogP contribution in [0, 0.1) is 6.92 Å². The number of anilines is 3. The van der Waals surface area contributed by atoms with Crippen LogP contribution in [0.1, 0.15) is 32.5 Å². The molecule has 0 amide bonds. The van der Waals surface area contributed by atoms with Gasteiger partial charge in [0.15, 0.2) is 0 Å². The van der Waals surface area contributed by atoms with E-state index in [0.29, 0.717) is 0 Å². The Morgan fingerprint density at radius 2 is 1.86 bits per heavy atom. The molecule has 0 bridgehead atoms. The van der Waals surface area contributed by atoms with Crippen LogP contribution in [-0.4, -0.2) is 23.1 Å². The van der Waals surface area contributed by atoms with Gasteiger partial charge in [-0.3, -0.25) is 10.2 Å². The van der Waals surface area contributed by atoms with Gasteiger partial charge in [0.25, 0.3) is 0 Å². The molecule has 0 aliphatic heterocycles. The predicted octanol–water partition coefficient (Wildman–Crippen LogP) is 2.98. The number of para-hydroxylation sites is 1. The van der Waals surface area contributed by atoms with Gasteiger partial charge in [-0.25, -0.2) is 4.57 Å². The van der Waals surface area contributed by atoms with Crippen LogP contribution in [0.2, 0.25) is 0 Å². The van der Waals surface area contributed by atoms with Crippen molar-refractivity contribution in [2.75, 3.05) is 23.3 Å². The first-order chi connectivity index (χ1) is 10.7. The second-order valence-electron chi connectivity index (χ2n) is 5.31. The average Bonchev–Trinajstić information content (AvgIpc) is 2.54. The lowest BCUT2D eigenvalue weighted by Gasteiger charge is -2.18. The van der Waals surface area contributed by atoms with E-state index in [4.69, 9.17) is 4.98 Å². The Labute approximate surface area is 133 Å². The zero-order valence-corrected chi connectivity index (χ0v) is 14.0. The van der Waals surface area contributed by atoms with Crippen molar-refractivity contribution in [1.29, 1.82) is 0 Å². The number of aromatic nitrogens is 3. The fourth-order valence-electron chi connectivity index (χ4n) is 2.27. The van der Waals surface area contributed by atoms with Gasteiger partial charge in [-0.1, -0.05) is 41.5 Å². The van der Waals surface area contributed by atoms with E-state index in [-0.39, 0.29) is 0 Å². The molecule has 0 radical (unpaired) electrons. The summed E-state index contributed by atoms with van der Waals surface area (Å²) < 4.78 is 2.00. The lowest BCUT2D eigenvalue weighted by molar-refractivity contribution is -0.669. The predicted molar refractivity (Wildman–Crippen MR) is 90.5 cm³/mol. The van der Waals surface area contributed by atoms with E-state index in [1.165, 1.54) is 6.42 Å². The highest BCUT2D eigenvalue weighted by Crippen LogP contribution is 2.21. The van der Waals surface area contributed by atoms with Crippen molar-refractivity contribution < 1.29 is 4.57 Å². The van der Waals surface area contributed by atoms with Crippen molar-refractivity contribution in [2.24, 2.45) is 7.05 Å². The van der Waals surface area contributed by atoms with Crippen molar-refractivity contribution in [2.45, 2.75) is 33.6 Å². The molecule has 0 saturated carbocycles. The van der Waals surface area contributed by atoms with Gasteiger partial charge in [-0.2, -0.15) is 0 Å². The van der Waals surface area contributed by atoms with Crippen molar-refractivity contribution in [1.82, 2.24) is 9.97 Å². The van der Waals surface area contributed by atoms with Gasteiger partial charge >= 0.3 is 11.9 Å². The largest absolute Gasteiger partial charge is 0.351 e. The Hall–Kier alpha value is -2.17. The summed E-state index contributed by atoms with van der Waals surface area (Å²) in [5.41, 5.74) is 1.11. The molecule has 1 heterocycles. The zero-order valence-electron chi connectivity index (χ0n) is 14.0. The molecular weight excluding hydrogens is 274 g/mol. The first-order valence-corrected chi connectivity index (χ1v) is 7.98. The average molecular weight is 300 g/mol. The number of nitrogens with zero attached hydrogens (tertiary/aromatic N) is 4. The Morgan fingerprint density at radius 3 is 2.50 bits per heavy atom. The van der Waals surface area contributed by atoms with Crippen LogP contribution in [0.25, 0.3) is 0 Å². The fourth-order valence-corrected chi connectivity index (χ4v) is 2.27. The molecular formula is C17H26N5+. The second kappa shape index (κ2) is 7.73. The summed E-state index contributed by atoms with van der Waals surface area (Å²) in [5.74, 6) is 2.55. The third-order valence-corrected chi connectivity index (χ3v) is 3.71. The Bertz CT molecular complexity index is 597. The maximum absolute atomic E-state index is 4.72. The van der Waals surface area contributed by atoms with E-state index in [1.807, 2.05) is 36.7 Å². The summed E-state index contributed by atoms with van der Waals surface area (Å²) in [6.07, 6.45) is 2.30. The van der Waals surface area contributed by atoms with Crippen LogP contribution in [-0.2, 0) is 7.05 Å². The van der Waals surface area contributed by atoms with E-state index in [0.717, 1.165) is 42.9 Å². The molecule has 2 aromatic rings. The molecule has 5 nitrogen and oxygen atoms in total. The second-order valence-corrected chi connectivity index (χ2v) is 5.31. The Balaban J connectivity index is 2.33. The van der Waals surface area contributed by atoms with Crippen LogP contribution >= 0.6 is 0 Å². The number of hydrogen-bond donors (Lipinski definition) is 1. The third-order valence-electron chi connectivity index (χ3n) is 3.71. The number of rotatable bonds is 7. The highest BCUT2D eigenvalue weighted by Gasteiger charge is 2.20. The topological polar surface area (TPSA) is 44.9 Å². The quantitative estimate of drug-likeness (QED) is 0.631. The molecule has 1 N–H and O–H groups in total. The number of nitrogens with one attached hydrogen (secondary N) is 1. The molecule has 5 heteroatoms. The smallest absolute Gasteiger partial charge is 0.294 e. The van der Waals surface area contributed by atoms with Gasteiger partial charge in [0.1, 0.15) is 0 Å². The van der Waals surface area contributed by atoms with E-state index < -0.39 is 0 Å². The first-order valence-electron chi connectivity index (χ1n) is 7.98. The zero-order chi connectivity index (χ0) is 15.9. The molecule has 1 aromatic carbocycles. The van der Waals surface area contributed by atoms with E-state index >= 15 is 0 Å². The molecule has 0 aliphatic carbocycles. The normalized spacial score (nSPS) is 10.5. The lowest BCUT2D eigenvalue weighted by atomic mass is 10.3. The van der Waals surface area contributed by atoms with Gasteiger partial charge < -0.3 is 0 Å². The van der Waals surface area contributed by atoms with E-state index in [9.17, 15) is 0 Å². The molecule has 0 aliphatic rings. The minimum absolute atomic E-state index is 0.739. The third kappa shape index (κ3) is 3.72. The van der Waals surface area contributed by atoms with Gasteiger partial charge in [-0.15, -0.1) is 0 Å². The van der Waals surface area contributed by atoms with Crippen LogP contribution in [0.3, 0.4) is 0 Å². The molecule has 0 fully saturated rings. The summed E-state index contributed by atoms with van der Waals surface area (Å²) >= 11 is 0. The molecule has 1 aromatic heterocycles. The molecule has 2 rings (SSSR count). The maximum Gasteiger partial charge on any atom is 0.351 e. The minimum Gasteiger partial charge on any atom is -0.294 e. The summed E-state index contributed by atoms with van der Waals surface area (Å²) in [6.45, 7) is 8.06. The number of unbranched alkanes of at least 4 members (excludes halogenated alkanes) is 1. The van der Waals surface area contributed by atoms with Gasteiger partial charge in [0, 0.05) is 19.2 Å². The van der Waals surface area contributed by atoms with Gasteiger partial charge in [0.05, 0.1) is 13.6 Å². The fraction of sp³-hybridized carbons (Fsp3) is 0.471. The number of benzene rings is 1. The van der Waals surface area contributed by atoms with Gasteiger partial charge in [0.2, 0.25) is 5.82 Å². The maximum atomic E-state index is 4.72. The SMILES string of the molecule is CCCCNc1nc(N(CC)c2ccccc2)nc(C)[n+]1C. The highest BCUT2D eigenvalue weighted by atomic mass is 15.3. The molecule has 0 saturated heterocycles. The highest BCUT2D eigenvalue weighted by molar-refractivity contribution is 5.57. The van der Waals surface area contributed by atoms with Crippen LogP contribution in [0.4, 0.5) is 17.6 Å². The molecule has 22 heavy (non-hydrogen) atoms. The number of aryl methyl sites for hydroxylation is 1. The standard InChI is InChI=1S/C17H25N5/c1-5-7-13-18-16-20-17(19-14(3)21(16)4)22(6-2)15-11-9-8-10-12-15/h8-12H,5-7,13H2,1-4H3/p+1. The molecule has 0 unspecified atom stereocenters. The lowest BCUT2D eigenvalue weighted by Crippen LogP contribution is -2.39. The van der Waals surface area contributed by atoms with Crippen molar-refractivity contribution in [3.05, 3.63) is 36.2 Å². The summed E-state index contributed by atoms with van der Waals surface area (Å²) in [4.78, 5) is 11.5. The monoisotopic (exact) mass is 300 g/mol. The molecule has 0 atom stereocenters. The van der Waals surface area contributed by atoms with Gasteiger partial charge in [-0.05, 0) is 25.5 Å². The van der Waals surface area contributed by atoms with Crippen LogP contribution in [0.15, 0.2) is 30.3 Å². The summed E-state index contributed by atoms with van der Waals surface area (Å²) in [5, 5.41) is 3.41. The van der Waals surface area contributed by atoms with E-state index in [2.05, 4.69) is 41.2 Å². The van der Waals surface area contributed by atoms with Crippen molar-refractivity contribution >= 4 is 17.6 Å².